The highest BCUT2D eigenvalue weighted by Gasteiger charge is 2.04. The molecule has 0 aromatic heterocycles. The normalized spacial score (nSPS) is 10.8. The Morgan fingerprint density at radius 1 is 0.833 bits per heavy atom. The molecule has 1 aromatic rings. The maximum atomic E-state index is 2.40. The van der Waals surface area contributed by atoms with Gasteiger partial charge in [-0.25, -0.2) is 0 Å². The fraction of sp³-hybridized carbons (Fsp3) is 0.611. The molecule has 0 atom stereocenters. The highest BCUT2D eigenvalue weighted by molar-refractivity contribution is 5.35. The van der Waals surface area contributed by atoms with Gasteiger partial charge < -0.3 is 0 Å². The molecule has 0 heteroatoms. The van der Waals surface area contributed by atoms with Gasteiger partial charge in [-0.05, 0) is 48.8 Å². The number of hydrogen-bond acceptors (Lipinski definition) is 0. The molecule has 0 spiro atoms. The third-order valence-electron chi connectivity index (χ3n) is 3.66. The largest absolute Gasteiger partial charge is 0.0654 e. The summed E-state index contributed by atoms with van der Waals surface area (Å²) in [5, 5.41) is 0. The van der Waals surface area contributed by atoms with Crippen LogP contribution in [0.25, 0.3) is 0 Å². The molecule has 0 N–H and O–H groups in total. The van der Waals surface area contributed by atoms with Crippen LogP contribution >= 0.6 is 0 Å². The zero-order valence-electron chi connectivity index (χ0n) is 12.5. The molecule has 0 aliphatic heterocycles. The minimum Gasteiger partial charge on any atom is -0.0654 e. The molecule has 0 unspecified atom stereocenters. The predicted molar refractivity (Wildman–Crippen MR) is 82.0 cm³/mol. The second-order valence-corrected chi connectivity index (χ2v) is 5.23. The standard InChI is InChI=1S/C18H29/c1-4-7-9-11-17-14-13-16(6-3)15-18(17)12-10-8-5-2/h6,13-15H,4-5,7-12H2,1-3H3. The summed E-state index contributed by atoms with van der Waals surface area (Å²) in [5.74, 6) is 0. The van der Waals surface area contributed by atoms with Crippen molar-refractivity contribution in [1.29, 1.82) is 0 Å². The number of rotatable bonds is 9. The van der Waals surface area contributed by atoms with Crippen molar-refractivity contribution in [1.82, 2.24) is 0 Å². The fourth-order valence-corrected chi connectivity index (χ4v) is 2.43. The van der Waals surface area contributed by atoms with E-state index in [0.717, 1.165) is 0 Å². The summed E-state index contributed by atoms with van der Waals surface area (Å²) in [5.41, 5.74) is 4.56. The van der Waals surface area contributed by atoms with Gasteiger partial charge in [0.25, 0.3) is 0 Å². The summed E-state index contributed by atoms with van der Waals surface area (Å²) in [7, 11) is 0. The minimum absolute atomic E-state index is 1.26. The molecule has 1 radical (unpaired) electrons. The van der Waals surface area contributed by atoms with Gasteiger partial charge in [-0.15, -0.1) is 0 Å². The summed E-state index contributed by atoms with van der Waals surface area (Å²) in [6, 6.07) is 7.02. The quantitative estimate of drug-likeness (QED) is 0.488. The van der Waals surface area contributed by atoms with Crippen molar-refractivity contribution >= 4 is 0 Å². The first-order valence-corrected chi connectivity index (χ1v) is 7.73. The van der Waals surface area contributed by atoms with Gasteiger partial charge in [0.15, 0.2) is 0 Å². The van der Waals surface area contributed by atoms with Crippen LogP contribution in [0.15, 0.2) is 18.2 Å². The molecular formula is C18H29. The first kappa shape index (κ1) is 15.3. The lowest BCUT2D eigenvalue weighted by Gasteiger charge is -2.11. The number of unbranched alkanes of at least 4 members (excludes halogenated alkanes) is 4. The van der Waals surface area contributed by atoms with Crippen LogP contribution in [-0.4, -0.2) is 0 Å². The van der Waals surface area contributed by atoms with Gasteiger partial charge in [-0.1, -0.05) is 64.7 Å². The molecule has 0 heterocycles. The maximum Gasteiger partial charge on any atom is -0.0124 e. The van der Waals surface area contributed by atoms with Gasteiger partial charge in [0.1, 0.15) is 0 Å². The van der Waals surface area contributed by atoms with Gasteiger partial charge >= 0.3 is 0 Å². The molecule has 0 fully saturated rings. The molecule has 101 valence electrons. The van der Waals surface area contributed by atoms with E-state index in [1.165, 1.54) is 56.9 Å². The average molecular weight is 245 g/mol. The van der Waals surface area contributed by atoms with Crippen molar-refractivity contribution in [2.75, 3.05) is 0 Å². The number of hydrogen-bond donors (Lipinski definition) is 0. The molecule has 0 bridgehead atoms. The van der Waals surface area contributed by atoms with E-state index < -0.39 is 0 Å². The topological polar surface area (TPSA) is 0 Å². The molecule has 0 nitrogen and oxygen atoms in total. The van der Waals surface area contributed by atoms with Gasteiger partial charge in [0, 0.05) is 0 Å². The summed E-state index contributed by atoms with van der Waals surface area (Å²) in [6.45, 7) is 6.68. The second-order valence-electron chi connectivity index (χ2n) is 5.23. The van der Waals surface area contributed by atoms with Crippen molar-refractivity contribution in [3.63, 3.8) is 0 Å². The lowest BCUT2D eigenvalue weighted by Crippen LogP contribution is -1.97. The molecule has 0 amide bonds. The SMILES string of the molecule is C[CH]c1ccc(CCCCC)c(CCCCC)c1. The van der Waals surface area contributed by atoms with Gasteiger partial charge in [-0.3, -0.25) is 0 Å². The van der Waals surface area contributed by atoms with Crippen LogP contribution < -0.4 is 0 Å². The third kappa shape index (κ3) is 5.25. The summed E-state index contributed by atoms with van der Waals surface area (Å²) < 4.78 is 0. The van der Waals surface area contributed by atoms with Crippen molar-refractivity contribution in [3.8, 4) is 0 Å². The van der Waals surface area contributed by atoms with E-state index in [0.29, 0.717) is 0 Å². The Labute approximate surface area is 114 Å². The first-order valence-electron chi connectivity index (χ1n) is 7.73. The molecule has 0 aliphatic rings. The van der Waals surface area contributed by atoms with Crippen molar-refractivity contribution in [2.24, 2.45) is 0 Å². The zero-order valence-corrected chi connectivity index (χ0v) is 12.5. The molecule has 0 saturated heterocycles. The molecule has 0 saturated carbocycles. The zero-order chi connectivity index (χ0) is 13.2. The molecule has 18 heavy (non-hydrogen) atoms. The highest BCUT2D eigenvalue weighted by atomic mass is 14.1. The average Bonchev–Trinajstić information content (AvgIpc) is 2.40. The van der Waals surface area contributed by atoms with Crippen LogP contribution in [0, 0.1) is 6.42 Å². The van der Waals surface area contributed by atoms with Crippen LogP contribution in [0.4, 0.5) is 0 Å². The third-order valence-corrected chi connectivity index (χ3v) is 3.66. The van der Waals surface area contributed by atoms with Crippen molar-refractivity contribution < 1.29 is 0 Å². The molecular weight excluding hydrogens is 216 g/mol. The van der Waals surface area contributed by atoms with E-state index in [2.05, 4.69) is 45.4 Å². The fourth-order valence-electron chi connectivity index (χ4n) is 2.43. The lowest BCUT2D eigenvalue weighted by atomic mass is 9.94. The minimum atomic E-state index is 1.26. The number of benzene rings is 1. The Kier molecular flexibility index (Phi) is 7.80. The predicted octanol–water partition coefficient (Wildman–Crippen LogP) is 5.72. The molecule has 1 rings (SSSR count). The molecule has 0 aliphatic carbocycles. The summed E-state index contributed by atoms with van der Waals surface area (Å²) in [6.07, 6.45) is 12.7. The Morgan fingerprint density at radius 2 is 1.44 bits per heavy atom. The lowest BCUT2D eigenvalue weighted by molar-refractivity contribution is 0.693. The summed E-state index contributed by atoms with van der Waals surface area (Å²) in [4.78, 5) is 0. The number of aryl methyl sites for hydroxylation is 2. The van der Waals surface area contributed by atoms with E-state index in [1.54, 1.807) is 11.1 Å². The second kappa shape index (κ2) is 9.19. The van der Waals surface area contributed by atoms with Crippen LogP contribution in [0.5, 0.6) is 0 Å². The Morgan fingerprint density at radius 3 is 2.00 bits per heavy atom. The molecule has 1 aromatic carbocycles. The van der Waals surface area contributed by atoms with Gasteiger partial charge in [0.2, 0.25) is 0 Å². The first-order chi connectivity index (χ1) is 8.81. The van der Waals surface area contributed by atoms with E-state index in [-0.39, 0.29) is 0 Å². The van der Waals surface area contributed by atoms with Crippen molar-refractivity contribution in [3.05, 3.63) is 41.3 Å². The summed E-state index contributed by atoms with van der Waals surface area (Å²) >= 11 is 0. The van der Waals surface area contributed by atoms with E-state index in [9.17, 15) is 0 Å². The van der Waals surface area contributed by atoms with Crippen LogP contribution in [0.2, 0.25) is 0 Å². The van der Waals surface area contributed by atoms with E-state index >= 15 is 0 Å². The Balaban J connectivity index is 2.66. The smallest absolute Gasteiger partial charge is 0.0124 e. The van der Waals surface area contributed by atoms with Crippen LogP contribution in [0.3, 0.4) is 0 Å². The Bertz CT molecular complexity index is 325. The van der Waals surface area contributed by atoms with E-state index in [4.69, 9.17) is 0 Å². The van der Waals surface area contributed by atoms with Crippen LogP contribution in [-0.2, 0) is 12.8 Å². The van der Waals surface area contributed by atoms with Gasteiger partial charge in [0.05, 0.1) is 0 Å². The highest BCUT2D eigenvalue weighted by Crippen LogP contribution is 2.19. The van der Waals surface area contributed by atoms with E-state index in [1.807, 2.05) is 0 Å². The van der Waals surface area contributed by atoms with Gasteiger partial charge in [-0.2, -0.15) is 0 Å². The maximum absolute atomic E-state index is 2.40. The van der Waals surface area contributed by atoms with Crippen molar-refractivity contribution in [2.45, 2.75) is 72.1 Å². The Hall–Kier alpha value is -0.780. The van der Waals surface area contributed by atoms with Crippen LogP contribution in [0.1, 0.15) is 76.0 Å². The monoisotopic (exact) mass is 245 g/mol.